The maximum atomic E-state index is 5.75. The molecule has 1 aliphatic rings. The third-order valence-corrected chi connectivity index (χ3v) is 3.90. The summed E-state index contributed by atoms with van der Waals surface area (Å²) in [4.78, 5) is 3.01. The Labute approximate surface area is 77.6 Å². The van der Waals surface area contributed by atoms with Crippen LogP contribution in [0, 0.1) is 12.8 Å². The van der Waals surface area contributed by atoms with Crippen molar-refractivity contribution in [2.45, 2.75) is 26.2 Å². The number of thiophene rings is 1. The van der Waals surface area contributed by atoms with Gasteiger partial charge in [-0.25, -0.2) is 0 Å². The van der Waals surface area contributed by atoms with Gasteiger partial charge in [0, 0.05) is 15.7 Å². The van der Waals surface area contributed by atoms with Gasteiger partial charge in [-0.3, -0.25) is 0 Å². The highest BCUT2D eigenvalue weighted by molar-refractivity contribution is 7.12. The second kappa shape index (κ2) is 2.86. The fourth-order valence-corrected chi connectivity index (χ4v) is 3.40. The lowest BCUT2D eigenvalue weighted by Crippen LogP contribution is -2.15. The first-order valence-electron chi connectivity index (χ1n) is 4.51. The Morgan fingerprint density at radius 1 is 1.67 bits per heavy atom. The van der Waals surface area contributed by atoms with E-state index < -0.39 is 0 Å². The summed E-state index contributed by atoms with van der Waals surface area (Å²) in [7, 11) is 0. The fourth-order valence-electron chi connectivity index (χ4n) is 2.16. The van der Waals surface area contributed by atoms with Gasteiger partial charge in [-0.15, -0.1) is 11.3 Å². The van der Waals surface area contributed by atoms with Crippen molar-refractivity contribution in [3.8, 4) is 0 Å². The molecule has 0 saturated carbocycles. The summed E-state index contributed by atoms with van der Waals surface area (Å²) in [6.45, 7) is 5.30. The lowest BCUT2D eigenvalue weighted by atomic mass is 9.95. The molecule has 66 valence electrons. The molecule has 2 heteroatoms. The predicted molar refractivity (Wildman–Crippen MR) is 53.7 cm³/mol. The molecule has 0 spiro atoms. The zero-order chi connectivity index (χ0) is 8.72. The second-order valence-electron chi connectivity index (χ2n) is 3.76. The molecular formula is C10H15NS. The molecule has 1 aromatic heterocycles. The maximum Gasteiger partial charge on any atom is 0.00863 e. The van der Waals surface area contributed by atoms with E-state index in [4.69, 9.17) is 5.73 Å². The van der Waals surface area contributed by atoms with E-state index in [1.807, 2.05) is 11.3 Å². The molecule has 2 N–H and O–H groups in total. The van der Waals surface area contributed by atoms with E-state index in [9.17, 15) is 0 Å². The lowest BCUT2D eigenvalue weighted by molar-refractivity contribution is 0.506. The quantitative estimate of drug-likeness (QED) is 0.707. The minimum Gasteiger partial charge on any atom is -0.330 e. The van der Waals surface area contributed by atoms with Gasteiger partial charge < -0.3 is 5.73 Å². The van der Waals surface area contributed by atoms with E-state index in [1.165, 1.54) is 16.9 Å². The van der Waals surface area contributed by atoms with Crippen LogP contribution < -0.4 is 5.73 Å². The second-order valence-corrected chi connectivity index (χ2v) is 5.10. The molecule has 0 bridgehead atoms. The average Bonchev–Trinajstić information content (AvgIpc) is 2.43. The summed E-state index contributed by atoms with van der Waals surface area (Å²) in [5.74, 6) is 1.39. The van der Waals surface area contributed by atoms with Crippen LogP contribution in [0.4, 0.5) is 0 Å². The standard InChI is InChI=1S/C10H15NS/c1-6-3-10-8(9(6)5-11)4-7(2)12-10/h4,6,9H,3,5,11H2,1-2H3. The third kappa shape index (κ3) is 1.10. The lowest BCUT2D eigenvalue weighted by Gasteiger charge is -2.12. The van der Waals surface area contributed by atoms with Gasteiger partial charge in [0.2, 0.25) is 0 Å². The Hall–Kier alpha value is -0.340. The van der Waals surface area contributed by atoms with Gasteiger partial charge in [-0.2, -0.15) is 0 Å². The van der Waals surface area contributed by atoms with Crippen LogP contribution in [0.25, 0.3) is 0 Å². The monoisotopic (exact) mass is 181 g/mol. The molecule has 0 saturated heterocycles. The normalized spacial score (nSPS) is 27.6. The Morgan fingerprint density at radius 3 is 3.08 bits per heavy atom. The van der Waals surface area contributed by atoms with Crippen LogP contribution in [0.2, 0.25) is 0 Å². The van der Waals surface area contributed by atoms with Crippen LogP contribution in [-0.2, 0) is 6.42 Å². The van der Waals surface area contributed by atoms with Gasteiger partial charge in [0.15, 0.2) is 0 Å². The zero-order valence-corrected chi connectivity index (χ0v) is 8.45. The number of hydrogen-bond donors (Lipinski definition) is 1. The van der Waals surface area contributed by atoms with Crippen molar-refractivity contribution in [3.05, 3.63) is 21.4 Å². The SMILES string of the molecule is Cc1cc2c(s1)CC(C)C2CN. The molecular weight excluding hydrogens is 166 g/mol. The van der Waals surface area contributed by atoms with Gasteiger partial charge in [-0.1, -0.05) is 6.92 Å². The summed E-state index contributed by atoms with van der Waals surface area (Å²) in [5.41, 5.74) is 7.29. The van der Waals surface area contributed by atoms with Crippen LogP contribution in [0.15, 0.2) is 6.07 Å². The molecule has 0 amide bonds. The molecule has 1 nitrogen and oxygen atoms in total. The highest BCUT2D eigenvalue weighted by atomic mass is 32.1. The van der Waals surface area contributed by atoms with Crippen LogP contribution in [0.5, 0.6) is 0 Å². The van der Waals surface area contributed by atoms with Gasteiger partial charge in [0.1, 0.15) is 0 Å². The smallest absolute Gasteiger partial charge is 0.00863 e. The van der Waals surface area contributed by atoms with Crippen molar-refractivity contribution in [1.82, 2.24) is 0 Å². The summed E-state index contributed by atoms with van der Waals surface area (Å²) in [5, 5.41) is 0. The summed E-state index contributed by atoms with van der Waals surface area (Å²) >= 11 is 1.94. The van der Waals surface area contributed by atoms with Crippen LogP contribution in [0.1, 0.15) is 28.2 Å². The first-order valence-corrected chi connectivity index (χ1v) is 5.33. The van der Waals surface area contributed by atoms with E-state index in [0.717, 1.165) is 12.5 Å². The number of nitrogens with two attached hydrogens (primary N) is 1. The molecule has 2 unspecified atom stereocenters. The molecule has 0 fully saturated rings. The molecule has 2 atom stereocenters. The Kier molecular flexibility index (Phi) is 1.97. The fraction of sp³-hybridized carbons (Fsp3) is 0.600. The summed E-state index contributed by atoms with van der Waals surface area (Å²) in [6.07, 6.45) is 1.25. The van der Waals surface area contributed by atoms with E-state index in [2.05, 4.69) is 19.9 Å². The molecule has 1 aromatic rings. The number of aryl methyl sites for hydroxylation is 1. The maximum absolute atomic E-state index is 5.75. The average molecular weight is 181 g/mol. The van der Waals surface area contributed by atoms with Gasteiger partial charge in [0.25, 0.3) is 0 Å². The van der Waals surface area contributed by atoms with Crippen molar-refractivity contribution in [1.29, 1.82) is 0 Å². The Balaban J connectivity index is 2.38. The van der Waals surface area contributed by atoms with E-state index in [1.54, 1.807) is 4.88 Å². The third-order valence-electron chi connectivity index (χ3n) is 2.81. The van der Waals surface area contributed by atoms with Crippen molar-refractivity contribution >= 4 is 11.3 Å². The van der Waals surface area contributed by atoms with Gasteiger partial charge in [0.05, 0.1) is 0 Å². The van der Waals surface area contributed by atoms with Gasteiger partial charge >= 0.3 is 0 Å². The van der Waals surface area contributed by atoms with E-state index >= 15 is 0 Å². The molecule has 2 rings (SSSR count). The van der Waals surface area contributed by atoms with E-state index in [0.29, 0.717) is 5.92 Å². The van der Waals surface area contributed by atoms with Crippen molar-refractivity contribution in [2.24, 2.45) is 11.7 Å². The molecule has 1 aliphatic carbocycles. The molecule has 0 aromatic carbocycles. The van der Waals surface area contributed by atoms with Crippen LogP contribution >= 0.6 is 11.3 Å². The van der Waals surface area contributed by atoms with Crippen molar-refractivity contribution in [3.63, 3.8) is 0 Å². The predicted octanol–water partition coefficient (Wildman–Crippen LogP) is 2.29. The number of fused-ring (bicyclic) bond motifs is 1. The van der Waals surface area contributed by atoms with Crippen molar-refractivity contribution < 1.29 is 0 Å². The Bertz CT molecular complexity index is 290. The molecule has 1 heterocycles. The molecule has 0 radical (unpaired) electrons. The number of rotatable bonds is 1. The molecule has 12 heavy (non-hydrogen) atoms. The zero-order valence-electron chi connectivity index (χ0n) is 7.63. The summed E-state index contributed by atoms with van der Waals surface area (Å²) in [6, 6.07) is 2.32. The summed E-state index contributed by atoms with van der Waals surface area (Å²) < 4.78 is 0. The first-order chi connectivity index (χ1) is 5.72. The van der Waals surface area contributed by atoms with Gasteiger partial charge in [-0.05, 0) is 37.4 Å². The highest BCUT2D eigenvalue weighted by Gasteiger charge is 2.29. The molecule has 0 aliphatic heterocycles. The number of hydrogen-bond acceptors (Lipinski definition) is 2. The van der Waals surface area contributed by atoms with Crippen molar-refractivity contribution in [2.75, 3.05) is 6.54 Å². The first kappa shape index (κ1) is 8.27. The minimum absolute atomic E-state index is 0.630. The highest BCUT2D eigenvalue weighted by Crippen LogP contribution is 2.41. The van der Waals surface area contributed by atoms with E-state index in [-0.39, 0.29) is 0 Å². The van der Waals surface area contributed by atoms with Crippen LogP contribution in [-0.4, -0.2) is 6.54 Å². The Morgan fingerprint density at radius 2 is 2.42 bits per heavy atom. The van der Waals surface area contributed by atoms with Crippen LogP contribution in [0.3, 0.4) is 0 Å². The largest absolute Gasteiger partial charge is 0.330 e. The topological polar surface area (TPSA) is 26.0 Å². The minimum atomic E-state index is 0.630.